The number of carbonyl (C=O) groups excluding carboxylic acids is 2. The number of aryl methyl sites for hydroxylation is 1. The van der Waals surface area contributed by atoms with Crippen molar-refractivity contribution >= 4 is 17.5 Å². The molecular weight excluding hydrogens is 374 g/mol. The second-order valence-corrected chi connectivity index (χ2v) is 9.43. The van der Waals surface area contributed by atoms with Crippen molar-refractivity contribution in [3.8, 4) is 0 Å². The van der Waals surface area contributed by atoms with Gasteiger partial charge in [-0.3, -0.25) is 14.6 Å². The van der Waals surface area contributed by atoms with Gasteiger partial charge in [0.25, 0.3) is 11.8 Å². The lowest BCUT2D eigenvalue weighted by atomic mass is 9.86. The van der Waals surface area contributed by atoms with Crippen LogP contribution < -0.4 is 5.32 Å². The first-order chi connectivity index (χ1) is 14.2. The summed E-state index contributed by atoms with van der Waals surface area (Å²) in [7, 11) is 0. The molecule has 0 saturated carbocycles. The smallest absolute Gasteiger partial charge is 0.272 e. The summed E-state index contributed by atoms with van der Waals surface area (Å²) in [6.45, 7) is 9.65. The number of hydrogen-bond acceptors (Lipinski definition) is 3. The van der Waals surface area contributed by atoms with Gasteiger partial charge in [0, 0.05) is 37.1 Å². The average Bonchev–Trinajstić information content (AvgIpc) is 3.04. The third kappa shape index (κ3) is 3.89. The Labute approximate surface area is 178 Å². The Balaban J connectivity index is 1.45. The Morgan fingerprint density at radius 1 is 1.00 bits per heavy atom. The van der Waals surface area contributed by atoms with E-state index in [1.54, 1.807) is 0 Å². The lowest BCUT2D eigenvalue weighted by molar-refractivity contribution is -0.115. The molecule has 0 atom stereocenters. The highest BCUT2D eigenvalue weighted by molar-refractivity contribution is 6.46. The molecule has 1 fully saturated rings. The number of nitrogens with one attached hydrogen (secondary N) is 1. The molecule has 2 amide bonds. The van der Waals surface area contributed by atoms with E-state index < -0.39 is 5.66 Å². The van der Waals surface area contributed by atoms with Crippen molar-refractivity contribution in [2.45, 2.75) is 51.6 Å². The van der Waals surface area contributed by atoms with E-state index in [2.05, 4.69) is 26.1 Å². The van der Waals surface area contributed by atoms with Gasteiger partial charge in [0.2, 0.25) is 0 Å². The molecule has 2 aromatic rings. The van der Waals surface area contributed by atoms with Crippen LogP contribution in [0.25, 0.3) is 0 Å². The van der Waals surface area contributed by atoms with E-state index >= 15 is 0 Å². The molecule has 0 bridgehead atoms. The van der Waals surface area contributed by atoms with Crippen LogP contribution in [0.5, 0.6) is 0 Å². The molecule has 5 heteroatoms. The van der Waals surface area contributed by atoms with Crippen LogP contribution in [0.4, 0.5) is 0 Å². The van der Waals surface area contributed by atoms with Crippen LogP contribution in [0.1, 0.15) is 60.7 Å². The molecule has 0 aromatic heterocycles. The number of likely N-dealkylation sites (tertiary alicyclic amines) is 1. The van der Waals surface area contributed by atoms with E-state index in [0.29, 0.717) is 37.2 Å². The van der Waals surface area contributed by atoms with Crippen LogP contribution in [-0.4, -0.2) is 41.2 Å². The number of rotatable bonds is 2. The third-order valence-corrected chi connectivity index (χ3v) is 6.09. The molecular formula is C25H29N3O2. The Morgan fingerprint density at radius 2 is 1.60 bits per heavy atom. The van der Waals surface area contributed by atoms with Crippen LogP contribution in [0.15, 0.2) is 53.5 Å². The van der Waals surface area contributed by atoms with Crippen molar-refractivity contribution in [2.75, 3.05) is 13.1 Å². The molecule has 0 aliphatic carbocycles. The quantitative estimate of drug-likeness (QED) is 0.828. The molecule has 2 aromatic carbocycles. The van der Waals surface area contributed by atoms with Gasteiger partial charge in [-0.25, -0.2) is 0 Å². The van der Waals surface area contributed by atoms with Crippen LogP contribution in [-0.2, 0) is 10.2 Å². The van der Waals surface area contributed by atoms with Gasteiger partial charge in [0.05, 0.1) is 0 Å². The molecule has 5 nitrogen and oxygen atoms in total. The van der Waals surface area contributed by atoms with Crippen LogP contribution >= 0.6 is 0 Å². The van der Waals surface area contributed by atoms with Crippen LogP contribution in [0.3, 0.4) is 0 Å². The number of carbonyl (C=O) groups is 2. The van der Waals surface area contributed by atoms with E-state index in [1.165, 1.54) is 5.56 Å². The molecule has 156 valence electrons. The average molecular weight is 404 g/mol. The number of benzene rings is 2. The lowest BCUT2D eigenvalue weighted by Crippen LogP contribution is -2.52. The summed E-state index contributed by atoms with van der Waals surface area (Å²) < 4.78 is 0. The van der Waals surface area contributed by atoms with Crippen LogP contribution in [0, 0.1) is 6.92 Å². The monoisotopic (exact) mass is 403 g/mol. The van der Waals surface area contributed by atoms with Gasteiger partial charge in [-0.15, -0.1) is 0 Å². The minimum Gasteiger partial charge on any atom is -0.338 e. The molecule has 4 rings (SSSR count). The summed E-state index contributed by atoms with van der Waals surface area (Å²) in [5.74, 6) is -0.0891. The fourth-order valence-electron chi connectivity index (χ4n) is 4.08. The van der Waals surface area contributed by atoms with Crippen molar-refractivity contribution in [2.24, 2.45) is 4.99 Å². The number of hydrogen-bond donors (Lipinski definition) is 1. The van der Waals surface area contributed by atoms with Gasteiger partial charge in [-0.05, 0) is 30.0 Å². The van der Waals surface area contributed by atoms with Gasteiger partial charge in [-0.2, -0.15) is 0 Å². The van der Waals surface area contributed by atoms with E-state index in [4.69, 9.17) is 4.99 Å². The zero-order valence-corrected chi connectivity index (χ0v) is 18.2. The SMILES string of the molecule is Cc1ccc(C2=NC3(CCN(C(=O)c4ccc(C(C)(C)C)cc4)CC3)NC2=O)cc1. The lowest BCUT2D eigenvalue weighted by Gasteiger charge is -2.37. The second-order valence-electron chi connectivity index (χ2n) is 9.43. The number of amides is 2. The van der Waals surface area contributed by atoms with Crippen molar-refractivity contribution < 1.29 is 9.59 Å². The number of aliphatic imine (C=N–C) groups is 1. The third-order valence-electron chi connectivity index (χ3n) is 6.09. The highest BCUT2D eigenvalue weighted by Crippen LogP contribution is 2.30. The highest BCUT2D eigenvalue weighted by Gasteiger charge is 2.42. The number of piperidine rings is 1. The standard InChI is InChI=1S/C25H29N3O2/c1-17-5-7-18(8-6-17)21-22(29)27-25(26-21)13-15-28(16-14-25)23(30)19-9-11-20(12-10-19)24(2,3)4/h5-12H,13-16H2,1-4H3,(H,27,29). The first kappa shape index (κ1) is 20.3. The van der Waals surface area contributed by atoms with Gasteiger partial charge in [-0.1, -0.05) is 62.7 Å². The minimum absolute atomic E-state index is 0.0392. The molecule has 2 heterocycles. The summed E-state index contributed by atoms with van der Waals surface area (Å²) in [4.78, 5) is 32.2. The first-order valence-electron chi connectivity index (χ1n) is 10.6. The van der Waals surface area contributed by atoms with Gasteiger partial charge < -0.3 is 10.2 Å². The summed E-state index contributed by atoms with van der Waals surface area (Å²) in [5.41, 5.74) is 3.87. The van der Waals surface area contributed by atoms with E-state index in [0.717, 1.165) is 11.1 Å². The summed E-state index contributed by atoms with van der Waals surface area (Å²) in [6.07, 6.45) is 1.25. The first-order valence-corrected chi connectivity index (χ1v) is 10.6. The van der Waals surface area contributed by atoms with Gasteiger partial charge in [0.15, 0.2) is 0 Å². The van der Waals surface area contributed by atoms with Gasteiger partial charge >= 0.3 is 0 Å². The predicted octanol–water partition coefficient (Wildman–Crippen LogP) is 3.84. The largest absolute Gasteiger partial charge is 0.338 e. The molecule has 0 radical (unpaired) electrons. The maximum Gasteiger partial charge on any atom is 0.272 e. The van der Waals surface area contributed by atoms with Crippen molar-refractivity contribution in [1.82, 2.24) is 10.2 Å². The van der Waals surface area contributed by atoms with Crippen molar-refractivity contribution in [3.63, 3.8) is 0 Å². The summed E-state index contributed by atoms with van der Waals surface area (Å²) in [6, 6.07) is 15.8. The molecule has 2 aliphatic heterocycles. The summed E-state index contributed by atoms with van der Waals surface area (Å²) in [5, 5.41) is 3.08. The second kappa shape index (κ2) is 7.38. The maximum atomic E-state index is 12.9. The highest BCUT2D eigenvalue weighted by atomic mass is 16.2. The normalized spacial score (nSPS) is 18.3. The zero-order valence-electron chi connectivity index (χ0n) is 18.2. The van der Waals surface area contributed by atoms with Crippen molar-refractivity contribution in [1.29, 1.82) is 0 Å². The molecule has 1 saturated heterocycles. The fourth-order valence-corrected chi connectivity index (χ4v) is 4.08. The van der Waals surface area contributed by atoms with Crippen molar-refractivity contribution in [3.05, 3.63) is 70.8 Å². The van der Waals surface area contributed by atoms with E-state index in [-0.39, 0.29) is 17.2 Å². The molecule has 1 spiro atoms. The Bertz CT molecular complexity index is 990. The van der Waals surface area contributed by atoms with E-state index in [9.17, 15) is 9.59 Å². The predicted molar refractivity (Wildman–Crippen MR) is 119 cm³/mol. The molecule has 2 aliphatic rings. The Kier molecular flexibility index (Phi) is 5.00. The fraction of sp³-hybridized carbons (Fsp3) is 0.400. The molecule has 1 N–H and O–H groups in total. The van der Waals surface area contributed by atoms with Crippen LogP contribution in [0.2, 0.25) is 0 Å². The van der Waals surface area contributed by atoms with Gasteiger partial charge in [0.1, 0.15) is 11.4 Å². The topological polar surface area (TPSA) is 61.8 Å². The zero-order chi connectivity index (χ0) is 21.5. The summed E-state index contributed by atoms with van der Waals surface area (Å²) >= 11 is 0. The maximum absolute atomic E-state index is 12.9. The Morgan fingerprint density at radius 3 is 2.17 bits per heavy atom. The molecule has 30 heavy (non-hydrogen) atoms. The number of nitrogens with zero attached hydrogens (tertiary/aromatic N) is 2. The van der Waals surface area contributed by atoms with E-state index in [1.807, 2.05) is 60.4 Å². The minimum atomic E-state index is -0.593. The molecule has 0 unspecified atom stereocenters. The Hall–Kier alpha value is -2.95.